The van der Waals surface area contributed by atoms with Gasteiger partial charge in [-0.05, 0) is 74.7 Å². The van der Waals surface area contributed by atoms with Crippen LogP contribution in [0.25, 0.3) is 0 Å². The molecule has 2 fully saturated rings. The van der Waals surface area contributed by atoms with Gasteiger partial charge in [-0.3, -0.25) is 4.79 Å². The monoisotopic (exact) mass is 476 g/mol. The molecular formula is C25H30Cl2N2O3. The van der Waals surface area contributed by atoms with Crippen molar-refractivity contribution in [3.63, 3.8) is 0 Å². The number of halogens is 2. The summed E-state index contributed by atoms with van der Waals surface area (Å²) in [5, 5.41) is 1.23. The lowest BCUT2D eigenvalue weighted by atomic mass is 10.0. The smallest absolute Gasteiger partial charge is 0.253 e. The average Bonchev–Trinajstić information content (AvgIpc) is 3.35. The maximum Gasteiger partial charge on any atom is 0.253 e. The van der Waals surface area contributed by atoms with Gasteiger partial charge in [0.15, 0.2) is 11.5 Å². The molecule has 0 atom stereocenters. The van der Waals surface area contributed by atoms with Crippen molar-refractivity contribution < 1.29 is 14.3 Å². The number of amides is 1. The molecule has 0 aromatic heterocycles. The Hall–Kier alpha value is -1.95. The van der Waals surface area contributed by atoms with Gasteiger partial charge in [0.05, 0.1) is 13.7 Å². The second-order valence-electron chi connectivity index (χ2n) is 8.47. The summed E-state index contributed by atoms with van der Waals surface area (Å²) >= 11 is 12.2. The predicted molar refractivity (Wildman–Crippen MR) is 128 cm³/mol. The first-order chi connectivity index (χ1) is 15.5. The Kier molecular flexibility index (Phi) is 7.82. The van der Waals surface area contributed by atoms with Crippen LogP contribution in [-0.4, -0.2) is 61.6 Å². The molecule has 0 bridgehead atoms. The van der Waals surface area contributed by atoms with E-state index < -0.39 is 0 Å². The largest absolute Gasteiger partial charge is 0.493 e. The van der Waals surface area contributed by atoms with E-state index in [9.17, 15) is 4.79 Å². The molecule has 2 aliphatic rings. The van der Waals surface area contributed by atoms with Gasteiger partial charge in [-0.15, -0.1) is 0 Å². The van der Waals surface area contributed by atoms with Gasteiger partial charge in [0.1, 0.15) is 0 Å². The summed E-state index contributed by atoms with van der Waals surface area (Å²) in [7, 11) is 1.60. The van der Waals surface area contributed by atoms with Gasteiger partial charge in [-0.1, -0.05) is 29.3 Å². The zero-order valence-electron chi connectivity index (χ0n) is 18.5. The molecule has 2 aromatic rings. The van der Waals surface area contributed by atoms with E-state index in [0.29, 0.717) is 46.2 Å². The Bertz CT molecular complexity index is 939. The van der Waals surface area contributed by atoms with E-state index in [2.05, 4.69) is 4.90 Å². The zero-order valence-corrected chi connectivity index (χ0v) is 20.0. The molecule has 2 aromatic carbocycles. The molecule has 0 aliphatic carbocycles. The highest BCUT2D eigenvalue weighted by Crippen LogP contribution is 2.30. The lowest BCUT2D eigenvalue weighted by Gasteiger charge is -2.36. The number of hydrogen-bond donors (Lipinski definition) is 0. The predicted octanol–water partition coefficient (Wildman–Crippen LogP) is 5.32. The van der Waals surface area contributed by atoms with Gasteiger partial charge in [-0.25, -0.2) is 0 Å². The summed E-state index contributed by atoms with van der Waals surface area (Å²) in [6.45, 7) is 4.43. The first-order valence-corrected chi connectivity index (χ1v) is 12.1. The van der Waals surface area contributed by atoms with Crippen LogP contribution in [0.5, 0.6) is 11.5 Å². The van der Waals surface area contributed by atoms with E-state index in [-0.39, 0.29) is 5.91 Å². The lowest BCUT2D eigenvalue weighted by Crippen LogP contribution is -2.45. The number of hydrogen-bond acceptors (Lipinski definition) is 4. The minimum atomic E-state index is 0.0538. The Balaban J connectivity index is 1.37. The van der Waals surface area contributed by atoms with Crippen molar-refractivity contribution in [3.8, 4) is 11.5 Å². The fourth-order valence-corrected chi connectivity index (χ4v) is 5.14. The molecule has 2 aliphatic heterocycles. The number of likely N-dealkylation sites (tertiary alicyclic amines) is 2. The summed E-state index contributed by atoms with van der Waals surface area (Å²) in [6.07, 6.45) is 5.33. The minimum Gasteiger partial charge on any atom is -0.493 e. The van der Waals surface area contributed by atoms with Crippen LogP contribution in [0.4, 0.5) is 0 Å². The fourth-order valence-electron chi connectivity index (χ4n) is 4.64. The van der Waals surface area contributed by atoms with Gasteiger partial charge in [-0.2, -0.15) is 0 Å². The second-order valence-corrected chi connectivity index (χ2v) is 9.31. The van der Waals surface area contributed by atoms with E-state index in [1.165, 1.54) is 25.9 Å². The third kappa shape index (κ3) is 5.51. The van der Waals surface area contributed by atoms with Gasteiger partial charge in [0.2, 0.25) is 0 Å². The first kappa shape index (κ1) is 23.2. The number of carbonyl (C=O) groups is 1. The molecule has 0 radical (unpaired) electrons. The molecule has 32 heavy (non-hydrogen) atoms. The van der Waals surface area contributed by atoms with Gasteiger partial charge in [0.25, 0.3) is 5.91 Å². The number of methoxy groups -OCH3 is 1. The van der Waals surface area contributed by atoms with Gasteiger partial charge < -0.3 is 19.3 Å². The van der Waals surface area contributed by atoms with Crippen LogP contribution >= 0.6 is 23.2 Å². The SMILES string of the molecule is COc1ccc(C(=O)N2CCC(N3CCCC3)CC2)cc1OCCc1ccc(Cl)cc1Cl. The van der Waals surface area contributed by atoms with E-state index in [1.807, 2.05) is 23.1 Å². The van der Waals surface area contributed by atoms with Crippen molar-refractivity contribution in [2.45, 2.75) is 38.1 Å². The third-order valence-electron chi connectivity index (χ3n) is 6.46. The van der Waals surface area contributed by atoms with E-state index in [0.717, 1.165) is 31.5 Å². The van der Waals surface area contributed by atoms with Crippen molar-refractivity contribution in [1.82, 2.24) is 9.80 Å². The molecular weight excluding hydrogens is 447 g/mol. The molecule has 7 heteroatoms. The molecule has 4 rings (SSSR count). The van der Waals surface area contributed by atoms with E-state index >= 15 is 0 Å². The number of nitrogens with zero attached hydrogens (tertiary/aromatic N) is 2. The number of piperidine rings is 1. The summed E-state index contributed by atoms with van der Waals surface area (Å²) in [4.78, 5) is 17.7. The highest BCUT2D eigenvalue weighted by molar-refractivity contribution is 6.35. The van der Waals surface area contributed by atoms with Crippen LogP contribution in [0.1, 0.15) is 41.6 Å². The molecule has 2 heterocycles. The maximum atomic E-state index is 13.1. The Morgan fingerprint density at radius 2 is 1.75 bits per heavy atom. The lowest BCUT2D eigenvalue weighted by molar-refractivity contribution is 0.0644. The van der Waals surface area contributed by atoms with Crippen molar-refractivity contribution in [3.05, 3.63) is 57.6 Å². The molecule has 1 amide bonds. The normalized spacial score (nSPS) is 17.5. The number of carbonyl (C=O) groups excluding carboxylic acids is 1. The standard InChI is InChI=1S/C25H30Cl2N2O3/c1-31-23-7-5-19(16-24(23)32-15-10-18-4-6-20(26)17-22(18)27)25(30)29-13-8-21(9-14-29)28-11-2-3-12-28/h4-7,16-17,21H,2-3,8-15H2,1H3. The topological polar surface area (TPSA) is 42.0 Å². The van der Waals surface area contributed by atoms with Crippen molar-refractivity contribution in [2.24, 2.45) is 0 Å². The van der Waals surface area contributed by atoms with Crippen LogP contribution in [0.3, 0.4) is 0 Å². The molecule has 0 spiro atoms. The second kappa shape index (κ2) is 10.8. The first-order valence-electron chi connectivity index (χ1n) is 11.3. The summed E-state index contributed by atoms with van der Waals surface area (Å²) in [5.41, 5.74) is 1.59. The molecule has 0 unspecified atom stereocenters. The molecule has 0 saturated carbocycles. The number of rotatable bonds is 7. The average molecular weight is 477 g/mol. The van der Waals surface area contributed by atoms with Gasteiger partial charge >= 0.3 is 0 Å². The van der Waals surface area contributed by atoms with Crippen molar-refractivity contribution in [1.29, 1.82) is 0 Å². The Labute approximate surface area is 200 Å². The van der Waals surface area contributed by atoms with Crippen LogP contribution in [0, 0.1) is 0 Å². The molecule has 172 valence electrons. The van der Waals surface area contributed by atoms with Crippen LogP contribution in [0.2, 0.25) is 10.0 Å². The molecule has 2 saturated heterocycles. The van der Waals surface area contributed by atoms with E-state index in [1.54, 1.807) is 25.3 Å². The summed E-state index contributed by atoms with van der Waals surface area (Å²) in [5.74, 6) is 1.23. The minimum absolute atomic E-state index is 0.0538. The van der Waals surface area contributed by atoms with Crippen LogP contribution in [-0.2, 0) is 6.42 Å². The van der Waals surface area contributed by atoms with Gasteiger partial charge in [0, 0.05) is 41.2 Å². The van der Waals surface area contributed by atoms with Crippen LogP contribution < -0.4 is 9.47 Å². The Morgan fingerprint density at radius 3 is 2.44 bits per heavy atom. The third-order valence-corrected chi connectivity index (χ3v) is 7.05. The summed E-state index contributed by atoms with van der Waals surface area (Å²) in [6, 6.07) is 11.5. The molecule has 0 N–H and O–H groups in total. The number of ether oxygens (including phenoxy) is 2. The summed E-state index contributed by atoms with van der Waals surface area (Å²) < 4.78 is 11.4. The highest BCUT2D eigenvalue weighted by Gasteiger charge is 2.29. The van der Waals surface area contributed by atoms with Crippen molar-refractivity contribution >= 4 is 29.1 Å². The maximum absolute atomic E-state index is 13.1. The number of benzene rings is 2. The molecule has 5 nitrogen and oxygen atoms in total. The van der Waals surface area contributed by atoms with Crippen LogP contribution in [0.15, 0.2) is 36.4 Å². The van der Waals surface area contributed by atoms with Crippen molar-refractivity contribution in [2.75, 3.05) is 39.9 Å². The quantitative estimate of drug-likeness (QED) is 0.541. The zero-order chi connectivity index (χ0) is 22.5. The Morgan fingerprint density at radius 1 is 1.00 bits per heavy atom. The fraction of sp³-hybridized carbons (Fsp3) is 0.480. The highest BCUT2D eigenvalue weighted by atomic mass is 35.5. The van der Waals surface area contributed by atoms with E-state index in [4.69, 9.17) is 32.7 Å².